The second-order valence-corrected chi connectivity index (χ2v) is 15.7. The smallest absolute Gasteiger partial charge is 0.0547 e. The van der Waals surface area contributed by atoms with Crippen LogP contribution in [-0.4, -0.2) is 4.57 Å². The highest BCUT2D eigenvalue weighted by Crippen LogP contribution is 2.49. The monoisotopic (exact) mass is 790 g/mol. The lowest BCUT2D eigenvalue weighted by Gasteiger charge is -2.31. The van der Waals surface area contributed by atoms with Gasteiger partial charge in [-0.25, -0.2) is 0 Å². The zero-order valence-corrected chi connectivity index (χ0v) is 34.1. The summed E-state index contributed by atoms with van der Waals surface area (Å²) in [5, 5.41) is 2.45. The van der Waals surface area contributed by atoms with Gasteiger partial charge in [0.1, 0.15) is 0 Å². The predicted molar refractivity (Wildman–Crippen MR) is 263 cm³/mol. The standard InChI is InChI=1S/C60H42N2/c1-6-21-43(22-7-1)47-37-40-58(55(41-47)46-27-12-4-13-28-46)62(49-38-39-50(44-23-8-2-9-24-44)54(42-49)45-25-10-3-11-26-45)56-34-18-16-31-51(56)52-33-20-36-59-60(52)53-32-17-19-35-57(53)61(59)48-29-14-5-15-30-48/h1-42H. The molecule has 10 aromatic carbocycles. The van der Waals surface area contributed by atoms with Crippen LogP contribution in [0.15, 0.2) is 255 Å². The molecule has 0 saturated heterocycles. The Hall–Kier alpha value is -8.20. The lowest BCUT2D eigenvalue weighted by molar-refractivity contribution is 1.18. The van der Waals surface area contributed by atoms with E-state index in [4.69, 9.17) is 0 Å². The number of rotatable bonds is 9. The summed E-state index contributed by atoms with van der Waals surface area (Å²) in [6.07, 6.45) is 0. The molecular formula is C60H42N2. The molecule has 0 amide bonds. The van der Waals surface area contributed by atoms with Crippen LogP contribution in [0.4, 0.5) is 17.1 Å². The van der Waals surface area contributed by atoms with Crippen LogP contribution in [0.1, 0.15) is 0 Å². The number of anilines is 3. The molecule has 2 heteroatoms. The lowest BCUT2D eigenvalue weighted by atomic mass is 9.92. The summed E-state index contributed by atoms with van der Waals surface area (Å²) in [5.41, 5.74) is 18.4. The van der Waals surface area contributed by atoms with Gasteiger partial charge in [0, 0.05) is 33.3 Å². The Balaban J connectivity index is 1.21. The maximum absolute atomic E-state index is 2.49. The van der Waals surface area contributed by atoms with E-state index in [0.29, 0.717) is 0 Å². The van der Waals surface area contributed by atoms with Crippen molar-refractivity contribution in [3.05, 3.63) is 255 Å². The third kappa shape index (κ3) is 6.65. The third-order valence-corrected chi connectivity index (χ3v) is 12.0. The Kier molecular flexibility index (Phi) is 9.57. The minimum atomic E-state index is 1.07. The molecule has 292 valence electrons. The Morgan fingerprint density at radius 3 is 1.48 bits per heavy atom. The second kappa shape index (κ2) is 16.1. The van der Waals surface area contributed by atoms with Crippen LogP contribution in [0.5, 0.6) is 0 Å². The molecule has 0 bridgehead atoms. The topological polar surface area (TPSA) is 8.17 Å². The Labute approximate surface area is 362 Å². The fraction of sp³-hybridized carbons (Fsp3) is 0. The zero-order chi connectivity index (χ0) is 41.2. The van der Waals surface area contributed by atoms with Crippen molar-refractivity contribution in [1.29, 1.82) is 0 Å². The fourth-order valence-corrected chi connectivity index (χ4v) is 9.19. The molecule has 11 aromatic rings. The number of hydrogen-bond acceptors (Lipinski definition) is 1. The first-order valence-electron chi connectivity index (χ1n) is 21.3. The van der Waals surface area contributed by atoms with E-state index in [9.17, 15) is 0 Å². The van der Waals surface area contributed by atoms with Crippen LogP contribution in [0.25, 0.3) is 83.1 Å². The molecule has 0 atom stereocenters. The highest BCUT2D eigenvalue weighted by molar-refractivity contribution is 6.17. The van der Waals surface area contributed by atoms with Gasteiger partial charge in [-0.3, -0.25) is 0 Å². The van der Waals surface area contributed by atoms with Crippen LogP contribution in [-0.2, 0) is 0 Å². The minimum absolute atomic E-state index is 1.07. The molecule has 0 aliphatic heterocycles. The number of benzene rings is 10. The largest absolute Gasteiger partial charge is 0.309 e. The van der Waals surface area contributed by atoms with Crippen molar-refractivity contribution in [3.8, 4) is 61.3 Å². The first-order chi connectivity index (χ1) is 30.8. The molecule has 0 radical (unpaired) electrons. The SMILES string of the molecule is c1ccc(-c2ccc(N(c3ccc(-c4ccccc4)c(-c4ccccc4)c3)c3ccccc3-c3cccc4c3c3ccccc3n4-c3ccccc3)c(-c3ccccc3)c2)cc1. The second-order valence-electron chi connectivity index (χ2n) is 15.7. The quantitative estimate of drug-likeness (QED) is 0.141. The highest BCUT2D eigenvalue weighted by atomic mass is 15.1. The normalized spacial score (nSPS) is 11.2. The van der Waals surface area contributed by atoms with E-state index in [2.05, 4.69) is 264 Å². The summed E-state index contributed by atoms with van der Waals surface area (Å²) in [7, 11) is 0. The van der Waals surface area contributed by atoms with Gasteiger partial charge in [-0.05, 0) is 99.1 Å². The van der Waals surface area contributed by atoms with Crippen LogP contribution < -0.4 is 4.90 Å². The van der Waals surface area contributed by atoms with Gasteiger partial charge in [0.2, 0.25) is 0 Å². The Morgan fingerprint density at radius 1 is 0.274 bits per heavy atom. The maximum atomic E-state index is 2.49. The highest BCUT2D eigenvalue weighted by Gasteiger charge is 2.25. The van der Waals surface area contributed by atoms with E-state index in [1.807, 2.05) is 0 Å². The van der Waals surface area contributed by atoms with E-state index in [0.717, 1.165) is 39.4 Å². The molecule has 62 heavy (non-hydrogen) atoms. The van der Waals surface area contributed by atoms with E-state index in [1.54, 1.807) is 0 Å². The molecule has 0 aliphatic rings. The van der Waals surface area contributed by atoms with Crippen molar-refractivity contribution >= 4 is 38.9 Å². The van der Waals surface area contributed by atoms with Gasteiger partial charge in [-0.1, -0.05) is 200 Å². The molecule has 0 spiro atoms. The van der Waals surface area contributed by atoms with Gasteiger partial charge in [0.25, 0.3) is 0 Å². The van der Waals surface area contributed by atoms with Crippen LogP contribution in [0.2, 0.25) is 0 Å². The van der Waals surface area contributed by atoms with Gasteiger partial charge < -0.3 is 9.47 Å². The molecule has 0 N–H and O–H groups in total. The summed E-state index contributed by atoms with van der Waals surface area (Å²) in [5.74, 6) is 0. The number of hydrogen-bond donors (Lipinski definition) is 0. The lowest BCUT2D eigenvalue weighted by Crippen LogP contribution is -2.13. The molecular weight excluding hydrogens is 749 g/mol. The van der Waals surface area contributed by atoms with E-state index >= 15 is 0 Å². The molecule has 0 unspecified atom stereocenters. The number of para-hydroxylation sites is 3. The van der Waals surface area contributed by atoms with Crippen molar-refractivity contribution in [2.45, 2.75) is 0 Å². The minimum Gasteiger partial charge on any atom is -0.309 e. The summed E-state index contributed by atoms with van der Waals surface area (Å²) in [4.78, 5) is 2.49. The molecule has 2 nitrogen and oxygen atoms in total. The number of nitrogens with zero attached hydrogens (tertiary/aromatic N) is 2. The average molecular weight is 791 g/mol. The Bertz CT molecular complexity index is 3320. The van der Waals surface area contributed by atoms with Gasteiger partial charge >= 0.3 is 0 Å². The van der Waals surface area contributed by atoms with Gasteiger partial charge in [-0.2, -0.15) is 0 Å². The molecule has 0 aliphatic carbocycles. The van der Waals surface area contributed by atoms with E-state index in [-0.39, 0.29) is 0 Å². The predicted octanol–water partition coefficient (Wildman–Crippen LogP) is 16.6. The van der Waals surface area contributed by atoms with Crippen LogP contribution in [0.3, 0.4) is 0 Å². The van der Waals surface area contributed by atoms with E-state index in [1.165, 1.54) is 60.8 Å². The van der Waals surface area contributed by atoms with Crippen molar-refractivity contribution in [2.75, 3.05) is 4.90 Å². The molecule has 1 aromatic heterocycles. The van der Waals surface area contributed by atoms with Gasteiger partial charge in [-0.15, -0.1) is 0 Å². The average Bonchev–Trinajstić information content (AvgIpc) is 3.70. The summed E-state index contributed by atoms with van der Waals surface area (Å²) in [6.45, 7) is 0. The molecule has 11 rings (SSSR count). The molecule has 0 fully saturated rings. The number of aromatic nitrogens is 1. The summed E-state index contributed by atoms with van der Waals surface area (Å²) < 4.78 is 2.40. The van der Waals surface area contributed by atoms with Crippen molar-refractivity contribution in [2.24, 2.45) is 0 Å². The van der Waals surface area contributed by atoms with Crippen molar-refractivity contribution in [3.63, 3.8) is 0 Å². The molecule has 1 heterocycles. The third-order valence-electron chi connectivity index (χ3n) is 12.0. The summed E-state index contributed by atoms with van der Waals surface area (Å²) in [6, 6.07) is 92.2. The number of fused-ring (bicyclic) bond motifs is 3. The summed E-state index contributed by atoms with van der Waals surface area (Å²) >= 11 is 0. The zero-order valence-electron chi connectivity index (χ0n) is 34.1. The maximum Gasteiger partial charge on any atom is 0.0547 e. The van der Waals surface area contributed by atoms with Gasteiger partial charge in [0.05, 0.1) is 22.4 Å². The van der Waals surface area contributed by atoms with Crippen LogP contribution >= 0.6 is 0 Å². The van der Waals surface area contributed by atoms with Crippen molar-refractivity contribution < 1.29 is 0 Å². The Morgan fingerprint density at radius 2 is 0.790 bits per heavy atom. The first-order valence-corrected chi connectivity index (χ1v) is 21.3. The first kappa shape index (κ1) is 36.8. The van der Waals surface area contributed by atoms with Crippen LogP contribution in [0, 0.1) is 0 Å². The fourth-order valence-electron chi connectivity index (χ4n) is 9.19. The van der Waals surface area contributed by atoms with Gasteiger partial charge in [0.15, 0.2) is 0 Å². The van der Waals surface area contributed by atoms with E-state index < -0.39 is 0 Å². The van der Waals surface area contributed by atoms with Crippen molar-refractivity contribution in [1.82, 2.24) is 4.57 Å². The molecule has 0 saturated carbocycles.